The second-order valence-electron chi connectivity index (χ2n) is 7.31. The molecular weight excluding hydrogens is 308 g/mol. The highest BCUT2D eigenvalue weighted by atomic mass is 16.5. The predicted molar refractivity (Wildman–Crippen MR) is 91.7 cm³/mol. The lowest BCUT2D eigenvalue weighted by Gasteiger charge is -2.43. The van der Waals surface area contributed by atoms with Gasteiger partial charge >= 0.3 is 6.09 Å². The SMILES string of the molecule is CC[C@H](C1C(=O)c2ccccc2N1O)[C@H](C)N(C(=O)O)C(C)(C)C. The molecule has 0 radical (unpaired) electrons. The van der Waals surface area contributed by atoms with Crippen LogP contribution in [-0.4, -0.2) is 44.7 Å². The van der Waals surface area contributed by atoms with Crippen LogP contribution in [0.5, 0.6) is 0 Å². The fourth-order valence-corrected chi connectivity index (χ4v) is 3.77. The quantitative estimate of drug-likeness (QED) is 0.878. The standard InChI is InChI=1S/C18H26N2O4/c1-6-12(11(2)19(17(22)23)18(3,4)5)15-16(21)13-9-7-8-10-14(13)20(15)24/h7-12,15,24H,6H2,1-5H3,(H,22,23)/t11-,12-,15?/m0/s1. The van der Waals surface area contributed by atoms with Crippen molar-refractivity contribution in [2.24, 2.45) is 5.92 Å². The van der Waals surface area contributed by atoms with Gasteiger partial charge in [0, 0.05) is 23.1 Å². The Balaban J connectivity index is 2.39. The van der Waals surface area contributed by atoms with E-state index in [0.717, 1.165) is 5.06 Å². The predicted octanol–water partition coefficient (Wildman–Crippen LogP) is 3.64. The number of hydrogen-bond donors (Lipinski definition) is 2. The van der Waals surface area contributed by atoms with Crippen LogP contribution in [0.15, 0.2) is 24.3 Å². The van der Waals surface area contributed by atoms with E-state index in [1.54, 1.807) is 31.2 Å². The molecule has 0 bridgehead atoms. The summed E-state index contributed by atoms with van der Waals surface area (Å²) >= 11 is 0. The van der Waals surface area contributed by atoms with Gasteiger partial charge in [-0.1, -0.05) is 19.1 Å². The van der Waals surface area contributed by atoms with E-state index in [0.29, 0.717) is 17.7 Å². The highest BCUT2D eigenvalue weighted by Crippen LogP contribution is 2.37. The van der Waals surface area contributed by atoms with Crippen LogP contribution in [0.2, 0.25) is 0 Å². The molecule has 0 aromatic heterocycles. The molecule has 1 amide bonds. The van der Waals surface area contributed by atoms with E-state index in [1.165, 1.54) is 4.90 Å². The summed E-state index contributed by atoms with van der Waals surface area (Å²) in [6, 6.07) is 5.72. The Bertz CT molecular complexity index is 638. The summed E-state index contributed by atoms with van der Waals surface area (Å²) in [5.41, 5.74) is 0.358. The maximum absolute atomic E-state index is 12.8. The number of carbonyl (C=O) groups excluding carboxylic acids is 1. The number of Topliss-reactive ketones (excluding diaryl/α,β-unsaturated/α-hetero) is 1. The van der Waals surface area contributed by atoms with Crippen LogP contribution in [-0.2, 0) is 0 Å². The number of carbonyl (C=O) groups is 2. The van der Waals surface area contributed by atoms with Crippen LogP contribution < -0.4 is 5.06 Å². The number of fused-ring (bicyclic) bond motifs is 1. The van der Waals surface area contributed by atoms with Crippen molar-refractivity contribution in [3.63, 3.8) is 0 Å². The molecule has 0 saturated carbocycles. The molecule has 6 heteroatoms. The third-order valence-electron chi connectivity index (χ3n) is 4.78. The number of amides is 1. The van der Waals surface area contributed by atoms with Gasteiger partial charge < -0.3 is 10.0 Å². The van der Waals surface area contributed by atoms with Crippen LogP contribution in [0.4, 0.5) is 10.5 Å². The third kappa shape index (κ3) is 2.98. The van der Waals surface area contributed by atoms with Crippen molar-refractivity contribution in [3.05, 3.63) is 29.8 Å². The zero-order chi connectivity index (χ0) is 18.2. The van der Waals surface area contributed by atoms with E-state index in [1.807, 2.05) is 27.7 Å². The monoisotopic (exact) mass is 334 g/mol. The first-order valence-corrected chi connectivity index (χ1v) is 8.24. The number of ketones is 1. The Kier molecular flexibility index (Phi) is 4.90. The van der Waals surface area contributed by atoms with Crippen LogP contribution in [0, 0.1) is 5.92 Å². The van der Waals surface area contributed by atoms with E-state index in [-0.39, 0.29) is 11.7 Å². The minimum Gasteiger partial charge on any atom is -0.465 e. The van der Waals surface area contributed by atoms with Crippen LogP contribution >= 0.6 is 0 Å². The van der Waals surface area contributed by atoms with Gasteiger partial charge in [-0.05, 0) is 46.2 Å². The smallest absolute Gasteiger partial charge is 0.407 e. The zero-order valence-electron chi connectivity index (χ0n) is 14.9. The molecular formula is C18H26N2O4. The van der Waals surface area contributed by atoms with Crippen LogP contribution in [0.1, 0.15) is 51.4 Å². The summed E-state index contributed by atoms with van der Waals surface area (Å²) in [5, 5.41) is 21.2. The molecule has 1 unspecified atom stereocenters. The number of rotatable bonds is 4. The van der Waals surface area contributed by atoms with Gasteiger partial charge in [0.15, 0.2) is 5.78 Å². The fourth-order valence-electron chi connectivity index (χ4n) is 3.77. The number of carboxylic acid groups (broad SMARTS) is 1. The molecule has 1 aromatic rings. The molecule has 1 aliphatic heterocycles. The second-order valence-corrected chi connectivity index (χ2v) is 7.31. The normalized spacial score (nSPS) is 19.8. The van der Waals surface area contributed by atoms with Gasteiger partial charge in [-0.15, -0.1) is 0 Å². The fraction of sp³-hybridized carbons (Fsp3) is 0.556. The number of para-hydroxylation sites is 1. The van der Waals surface area contributed by atoms with Crippen molar-refractivity contribution in [2.45, 2.75) is 58.7 Å². The largest absolute Gasteiger partial charge is 0.465 e. The van der Waals surface area contributed by atoms with Gasteiger partial charge in [0.2, 0.25) is 0 Å². The van der Waals surface area contributed by atoms with E-state index in [9.17, 15) is 19.9 Å². The molecule has 132 valence electrons. The van der Waals surface area contributed by atoms with Crippen LogP contribution in [0.3, 0.4) is 0 Å². The molecule has 2 N–H and O–H groups in total. The Morgan fingerprint density at radius 3 is 2.38 bits per heavy atom. The molecule has 0 spiro atoms. The maximum atomic E-state index is 12.8. The molecule has 0 fully saturated rings. The van der Waals surface area contributed by atoms with Crippen molar-refractivity contribution in [1.82, 2.24) is 4.90 Å². The summed E-state index contributed by atoms with van der Waals surface area (Å²) in [5.74, 6) is -0.490. The van der Waals surface area contributed by atoms with Crippen molar-refractivity contribution in [1.29, 1.82) is 0 Å². The molecule has 0 saturated heterocycles. The molecule has 0 aliphatic carbocycles. The van der Waals surface area contributed by atoms with Gasteiger partial charge in [-0.2, -0.15) is 0 Å². The number of anilines is 1. The summed E-state index contributed by atoms with van der Waals surface area (Å²) in [7, 11) is 0. The summed E-state index contributed by atoms with van der Waals surface area (Å²) in [4.78, 5) is 25.9. The van der Waals surface area contributed by atoms with Crippen molar-refractivity contribution < 1.29 is 19.9 Å². The number of hydroxylamine groups is 1. The maximum Gasteiger partial charge on any atom is 0.407 e. The molecule has 3 atom stereocenters. The Labute approximate surface area is 142 Å². The lowest BCUT2D eigenvalue weighted by molar-refractivity contribution is 0.0383. The van der Waals surface area contributed by atoms with Crippen molar-refractivity contribution in [2.75, 3.05) is 5.06 Å². The van der Waals surface area contributed by atoms with Crippen molar-refractivity contribution in [3.8, 4) is 0 Å². The summed E-state index contributed by atoms with van der Waals surface area (Å²) < 4.78 is 0. The van der Waals surface area contributed by atoms with E-state index >= 15 is 0 Å². The third-order valence-corrected chi connectivity index (χ3v) is 4.78. The Hall–Kier alpha value is -2.08. The molecule has 6 nitrogen and oxygen atoms in total. The molecule has 1 aliphatic rings. The van der Waals surface area contributed by atoms with Gasteiger partial charge in [0.1, 0.15) is 6.04 Å². The molecule has 1 heterocycles. The van der Waals surface area contributed by atoms with Crippen molar-refractivity contribution >= 4 is 17.6 Å². The number of benzene rings is 1. The minimum absolute atomic E-state index is 0.161. The summed E-state index contributed by atoms with van der Waals surface area (Å²) in [6.07, 6.45) is -0.455. The molecule has 1 aromatic carbocycles. The lowest BCUT2D eigenvalue weighted by Crippen LogP contribution is -2.56. The second kappa shape index (κ2) is 6.43. The number of nitrogens with zero attached hydrogens (tertiary/aromatic N) is 2. The number of hydrogen-bond acceptors (Lipinski definition) is 4. The Morgan fingerprint density at radius 2 is 1.92 bits per heavy atom. The lowest BCUT2D eigenvalue weighted by atomic mass is 9.85. The highest BCUT2D eigenvalue weighted by molar-refractivity contribution is 6.10. The van der Waals surface area contributed by atoms with Crippen LogP contribution in [0.25, 0.3) is 0 Å². The minimum atomic E-state index is -1.03. The first kappa shape index (κ1) is 18.3. The van der Waals surface area contributed by atoms with E-state index in [2.05, 4.69) is 0 Å². The van der Waals surface area contributed by atoms with Gasteiger partial charge in [-0.3, -0.25) is 10.0 Å². The van der Waals surface area contributed by atoms with Gasteiger partial charge in [-0.25, -0.2) is 9.86 Å². The van der Waals surface area contributed by atoms with Gasteiger partial charge in [0.05, 0.1) is 5.69 Å². The average Bonchev–Trinajstić information content (AvgIpc) is 2.72. The van der Waals surface area contributed by atoms with Gasteiger partial charge in [0.25, 0.3) is 0 Å². The average molecular weight is 334 g/mol. The Morgan fingerprint density at radius 1 is 1.33 bits per heavy atom. The first-order chi connectivity index (χ1) is 11.1. The first-order valence-electron chi connectivity index (χ1n) is 8.24. The van der Waals surface area contributed by atoms with E-state index in [4.69, 9.17) is 0 Å². The zero-order valence-corrected chi connectivity index (χ0v) is 14.9. The van der Waals surface area contributed by atoms with E-state index < -0.39 is 23.7 Å². The molecule has 24 heavy (non-hydrogen) atoms. The topological polar surface area (TPSA) is 81.1 Å². The highest BCUT2D eigenvalue weighted by Gasteiger charge is 2.46. The molecule has 2 rings (SSSR count). The summed E-state index contributed by atoms with van der Waals surface area (Å²) in [6.45, 7) is 9.19.